The molecule has 31 heavy (non-hydrogen) atoms. The maximum atomic E-state index is 12.8. The minimum atomic E-state index is -4.59. The molecule has 0 radical (unpaired) electrons. The van der Waals surface area contributed by atoms with Crippen molar-refractivity contribution in [3.63, 3.8) is 0 Å². The monoisotopic (exact) mass is 466 g/mol. The van der Waals surface area contributed by atoms with Gasteiger partial charge in [0, 0.05) is 13.1 Å². The molecule has 14 heteroatoms. The van der Waals surface area contributed by atoms with Crippen molar-refractivity contribution in [2.24, 2.45) is 0 Å². The number of hydrogen-bond acceptors (Lipinski definition) is 7. The highest BCUT2D eigenvalue weighted by atomic mass is 32.2. The largest absolute Gasteiger partial charge is 0.483 e. The molecular weight excluding hydrogens is 445 g/mol. The summed E-state index contributed by atoms with van der Waals surface area (Å²) >= 11 is 0. The van der Waals surface area contributed by atoms with Gasteiger partial charge in [0.05, 0.1) is 12.1 Å². The Morgan fingerprint density at radius 3 is 2.45 bits per heavy atom. The fraction of sp³-hybridized carbons (Fsp3) is 0.529. The van der Waals surface area contributed by atoms with Gasteiger partial charge in [0.2, 0.25) is 5.09 Å². The number of halogens is 3. The van der Waals surface area contributed by atoms with Crippen molar-refractivity contribution in [2.75, 3.05) is 26.2 Å². The number of β-amino-alcohol motifs (C(OH)–C–C–N with tert-alkyl or cyclic N) is 1. The molecule has 0 spiro atoms. The van der Waals surface area contributed by atoms with Crippen LogP contribution >= 0.6 is 0 Å². The van der Waals surface area contributed by atoms with Gasteiger partial charge in [-0.2, -0.15) is 22.6 Å². The topological polar surface area (TPSA) is 140 Å². The van der Waals surface area contributed by atoms with Gasteiger partial charge in [-0.1, -0.05) is 0 Å². The quantitative estimate of drug-likeness (QED) is 0.572. The number of aromatic nitrogens is 2. The van der Waals surface area contributed by atoms with Crippen LogP contribution in [0, 0.1) is 0 Å². The van der Waals surface area contributed by atoms with Crippen molar-refractivity contribution in [1.82, 2.24) is 19.4 Å². The van der Waals surface area contributed by atoms with Gasteiger partial charge in [-0.15, -0.1) is 0 Å². The normalized spacial score (nSPS) is 23.0. The second-order valence-electron chi connectivity index (χ2n) is 7.09. The number of carboxylic acid groups (broad SMARTS) is 1. The zero-order valence-electron chi connectivity index (χ0n) is 16.1. The van der Waals surface area contributed by atoms with Gasteiger partial charge in [-0.05, 0) is 44.1 Å². The molecule has 0 amide bonds. The Bertz CT molecular complexity index is 1000. The molecule has 0 bridgehead atoms. The molecular formula is C17H21F3N4O6S. The lowest BCUT2D eigenvalue weighted by Gasteiger charge is -2.25. The summed E-state index contributed by atoms with van der Waals surface area (Å²) in [5.41, 5.74) is -1.20. The number of aliphatic hydroxyl groups is 1. The van der Waals surface area contributed by atoms with Crippen molar-refractivity contribution in [3.8, 4) is 11.5 Å². The summed E-state index contributed by atoms with van der Waals surface area (Å²) in [5, 5.41) is 22.2. The number of H-pyrrole nitrogens is 1. The van der Waals surface area contributed by atoms with Crippen LogP contribution in [-0.4, -0.2) is 82.8 Å². The number of hydrogen-bond donors (Lipinski definition) is 3. The van der Waals surface area contributed by atoms with Crippen molar-refractivity contribution >= 4 is 16.5 Å². The summed E-state index contributed by atoms with van der Waals surface area (Å²) in [6, 6.07) is 2.92. The van der Waals surface area contributed by atoms with E-state index in [2.05, 4.69) is 10.00 Å². The van der Waals surface area contributed by atoms with Crippen LogP contribution in [0.4, 0.5) is 13.2 Å². The number of alkyl halides is 3. The van der Waals surface area contributed by atoms with Crippen LogP contribution in [0.25, 0.3) is 11.5 Å². The van der Waals surface area contributed by atoms with E-state index in [0.717, 1.165) is 36.3 Å². The molecule has 4 heterocycles. The number of aromatic amines is 1. The highest BCUT2D eigenvalue weighted by molar-refractivity contribution is 7.89. The lowest BCUT2D eigenvalue weighted by molar-refractivity contribution is -0.141. The molecule has 172 valence electrons. The average molecular weight is 466 g/mol. The van der Waals surface area contributed by atoms with E-state index in [1.165, 1.54) is 12.1 Å². The first-order valence-electron chi connectivity index (χ1n) is 9.31. The van der Waals surface area contributed by atoms with E-state index in [-0.39, 0.29) is 37.1 Å². The molecule has 2 fully saturated rings. The molecule has 2 aromatic rings. The zero-order chi connectivity index (χ0) is 22.8. The van der Waals surface area contributed by atoms with E-state index < -0.39 is 33.1 Å². The van der Waals surface area contributed by atoms with E-state index >= 15 is 0 Å². The number of rotatable bonds is 4. The molecule has 3 N–H and O–H groups in total. The molecule has 2 aliphatic rings. The van der Waals surface area contributed by atoms with Crippen molar-refractivity contribution in [3.05, 3.63) is 23.9 Å². The average Bonchev–Trinajstić information content (AvgIpc) is 3.45. The summed E-state index contributed by atoms with van der Waals surface area (Å²) in [7, 11) is -4.02. The van der Waals surface area contributed by atoms with Crippen molar-refractivity contribution in [1.29, 1.82) is 0 Å². The molecule has 4 rings (SSSR count). The Kier molecular flexibility index (Phi) is 6.73. The smallest absolute Gasteiger partial charge is 0.432 e. The lowest BCUT2D eigenvalue weighted by atomic mass is 10.2. The van der Waals surface area contributed by atoms with Crippen LogP contribution in [-0.2, 0) is 21.0 Å². The third kappa shape index (κ3) is 4.92. The van der Waals surface area contributed by atoms with Crippen LogP contribution in [0.2, 0.25) is 0 Å². The molecule has 2 saturated heterocycles. The second-order valence-corrected chi connectivity index (χ2v) is 8.96. The number of nitrogens with one attached hydrogen (secondary N) is 1. The van der Waals surface area contributed by atoms with Crippen LogP contribution in [0.5, 0.6) is 0 Å². The Labute approximate surface area is 175 Å². The first-order valence-corrected chi connectivity index (χ1v) is 10.7. The van der Waals surface area contributed by atoms with Gasteiger partial charge in [-0.25, -0.2) is 8.42 Å². The Hall–Kier alpha value is -2.42. The number of furan rings is 1. The summed E-state index contributed by atoms with van der Waals surface area (Å²) in [5.74, 6) is -0.0961. The van der Waals surface area contributed by atoms with Gasteiger partial charge < -0.3 is 14.6 Å². The Morgan fingerprint density at radius 2 is 1.87 bits per heavy atom. The number of aliphatic hydroxyl groups excluding tert-OH is 1. The molecule has 0 unspecified atom stereocenters. The van der Waals surface area contributed by atoms with E-state index in [0.29, 0.717) is 0 Å². The number of likely N-dealkylation sites (tertiary alicyclic amines) is 1. The third-order valence-corrected chi connectivity index (χ3v) is 6.85. The molecule has 2 aromatic heterocycles. The SMILES string of the molecule is O=CO.O=S(=O)(c1ccc(-c2cc(C(F)(F)F)[nH]n2)o1)N1C[C@H](O)[C@@H](N2CCCC2)C1. The Morgan fingerprint density at radius 1 is 1.23 bits per heavy atom. The predicted octanol–water partition coefficient (Wildman–Crippen LogP) is 1.22. The zero-order valence-corrected chi connectivity index (χ0v) is 16.9. The van der Waals surface area contributed by atoms with Gasteiger partial charge >= 0.3 is 6.18 Å². The summed E-state index contributed by atoms with van der Waals surface area (Å²) in [6.45, 7) is 1.47. The number of sulfonamides is 1. The minimum Gasteiger partial charge on any atom is -0.483 e. The maximum absolute atomic E-state index is 12.8. The van der Waals surface area contributed by atoms with Crippen LogP contribution < -0.4 is 0 Å². The van der Waals surface area contributed by atoms with Gasteiger partial charge in [-0.3, -0.25) is 14.8 Å². The lowest BCUT2D eigenvalue weighted by Crippen LogP contribution is -2.41. The Balaban J connectivity index is 0.000000858. The van der Waals surface area contributed by atoms with Crippen LogP contribution in [0.3, 0.4) is 0 Å². The van der Waals surface area contributed by atoms with Gasteiger partial charge in [0.15, 0.2) is 5.76 Å². The second kappa shape index (κ2) is 8.98. The third-order valence-electron chi connectivity index (χ3n) is 5.15. The van der Waals surface area contributed by atoms with E-state index in [4.69, 9.17) is 14.3 Å². The first kappa shape index (κ1) is 23.2. The van der Waals surface area contributed by atoms with Crippen molar-refractivity contribution in [2.45, 2.75) is 36.3 Å². The van der Waals surface area contributed by atoms with Crippen LogP contribution in [0.15, 0.2) is 27.7 Å². The van der Waals surface area contributed by atoms with Gasteiger partial charge in [0.1, 0.15) is 11.4 Å². The van der Waals surface area contributed by atoms with Crippen molar-refractivity contribution < 1.29 is 41.0 Å². The van der Waals surface area contributed by atoms with Crippen LogP contribution in [0.1, 0.15) is 18.5 Å². The predicted molar refractivity (Wildman–Crippen MR) is 99.3 cm³/mol. The molecule has 2 aliphatic heterocycles. The summed E-state index contributed by atoms with van der Waals surface area (Å²) < 4.78 is 70.2. The molecule has 0 aliphatic carbocycles. The molecule has 10 nitrogen and oxygen atoms in total. The highest BCUT2D eigenvalue weighted by Gasteiger charge is 2.43. The summed E-state index contributed by atoms with van der Waals surface area (Å²) in [6.07, 6.45) is -3.37. The molecule has 0 saturated carbocycles. The number of nitrogens with zero attached hydrogens (tertiary/aromatic N) is 3. The highest BCUT2D eigenvalue weighted by Crippen LogP contribution is 2.32. The minimum absolute atomic E-state index is 0.0554. The van der Waals surface area contributed by atoms with E-state index in [9.17, 15) is 26.7 Å². The maximum Gasteiger partial charge on any atom is 0.432 e. The molecule has 2 atom stereocenters. The standard InChI is InChI=1S/C16H19F3N4O4S.CH2O2/c17-16(18,19)14-7-10(20-21-14)13-3-4-15(27-13)28(25,26)23-8-11(12(24)9-23)22-5-1-2-6-22;2-1-3/h3-4,7,11-12,24H,1-2,5-6,8-9H2,(H,20,21);1H,(H,2,3)/t11-,12-;/m0./s1. The first-order chi connectivity index (χ1) is 14.6. The fourth-order valence-electron chi connectivity index (χ4n) is 3.68. The molecule has 0 aromatic carbocycles. The van der Waals surface area contributed by atoms with E-state index in [1.807, 2.05) is 5.10 Å². The van der Waals surface area contributed by atoms with Gasteiger partial charge in [0.25, 0.3) is 16.5 Å². The fourth-order valence-corrected chi connectivity index (χ4v) is 5.07. The van der Waals surface area contributed by atoms with E-state index in [1.54, 1.807) is 0 Å². The summed E-state index contributed by atoms with van der Waals surface area (Å²) in [4.78, 5) is 10.4. The number of carbonyl (C=O) groups is 1.